The van der Waals surface area contributed by atoms with Gasteiger partial charge in [-0.25, -0.2) is 0 Å². The van der Waals surface area contributed by atoms with Crippen LogP contribution in [0.15, 0.2) is 0 Å². The largest absolute Gasteiger partial charge is 0.465 e. The van der Waals surface area contributed by atoms with Crippen LogP contribution in [-0.2, 0) is 14.0 Å². The van der Waals surface area contributed by atoms with Crippen molar-refractivity contribution in [1.82, 2.24) is 0 Å². The Labute approximate surface area is 126 Å². The molecule has 0 aromatic rings. The van der Waals surface area contributed by atoms with Crippen molar-refractivity contribution in [1.29, 1.82) is 0 Å². The van der Waals surface area contributed by atoms with Gasteiger partial charge in [-0.3, -0.25) is 4.79 Å². The Morgan fingerprint density at radius 3 is 1.85 bits per heavy atom. The Balaban J connectivity index is 3.68. The third kappa shape index (κ3) is 7.43. The highest BCUT2D eigenvalue weighted by Gasteiger charge is 2.36. The summed E-state index contributed by atoms with van der Waals surface area (Å²) >= 11 is 0. The van der Waals surface area contributed by atoms with E-state index < -0.39 is 13.7 Å². The third-order valence-corrected chi connectivity index (χ3v) is 8.44. The summed E-state index contributed by atoms with van der Waals surface area (Å²) in [5.74, 6) is -0.116. The molecule has 0 spiro atoms. The summed E-state index contributed by atoms with van der Waals surface area (Å²) in [6, 6.07) is 0. The summed E-state index contributed by atoms with van der Waals surface area (Å²) < 4.78 is 11.3. The second kappa shape index (κ2) is 7.60. The zero-order valence-electron chi connectivity index (χ0n) is 14.8. The van der Waals surface area contributed by atoms with Gasteiger partial charge in [0.05, 0.1) is 12.0 Å². The molecule has 0 radical (unpaired) electrons. The van der Waals surface area contributed by atoms with Gasteiger partial charge in [-0.1, -0.05) is 20.8 Å². The molecule has 0 N–H and O–H groups in total. The number of unbranched alkanes of at least 4 members (excludes halogenated alkanes) is 2. The maximum Gasteiger partial charge on any atom is 0.311 e. The molecule has 0 aliphatic rings. The van der Waals surface area contributed by atoms with E-state index in [0.717, 1.165) is 25.9 Å². The normalized spacial score (nSPS) is 13.4. The number of esters is 1. The van der Waals surface area contributed by atoms with Gasteiger partial charge in [-0.15, -0.1) is 0 Å². The van der Waals surface area contributed by atoms with Crippen LogP contribution < -0.4 is 0 Å². The summed E-state index contributed by atoms with van der Waals surface area (Å²) in [6.45, 7) is 18.3. The van der Waals surface area contributed by atoms with E-state index in [9.17, 15) is 4.79 Å². The quantitative estimate of drug-likeness (QED) is 0.386. The minimum absolute atomic E-state index is 0.116. The first kappa shape index (κ1) is 19.6. The SMILES string of the molecule is CC(C)(C)C(=O)OCCCCCO[Si](C)(C)C(C)(C)C. The highest BCUT2D eigenvalue weighted by Crippen LogP contribution is 2.36. The van der Waals surface area contributed by atoms with Crippen molar-refractivity contribution in [2.24, 2.45) is 5.41 Å². The molecule has 0 heterocycles. The molecule has 0 aromatic carbocycles. The number of rotatable bonds is 7. The standard InChI is InChI=1S/C16H34O3Si/c1-15(2,3)14(17)18-12-10-9-11-13-19-20(7,8)16(4,5)6/h9-13H2,1-8H3. The summed E-state index contributed by atoms with van der Waals surface area (Å²) in [5, 5.41) is 0.273. The van der Waals surface area contributed by atoms with Gasteiger partial charge in [0.25, 0.3) is 0 Å². The first-order valence-corrected chi connectivity index (χ1v) is 10.6. The van der Waals surface area contributed by atoms with E-state index in [1.807, 2.05) is 20.8 Å². The Bertz CT molecular complexity index is 298. The third-order valence-electron chi connectivity index (χ3n) is 3.90. The molecule has 0 fully saturated rings. The first-order valence-electron chi connectivity index (χ1n) is 7.69. The van der Waals surface area contributed by atoms with E-state index in [2.05, 4.69) is 33.9 Å². The topological polar surface area (TPSA) is 35.5 Å². The fourth-order valence-electron chi connectivity index (χ4n) is 1.31. The zero-order chi connectivity index (χ0) is 16.0. The van der Waals surface area contributed by atoms with Gasteiger partial charge in [0.15, 0.2) is 8.32 Å². The first-order chi connectivity index (χ1) is 8.88. The molecule has 0 aliphatic carbocycles. The molecule has 0 aromatic heterocycles. The Morgan fingerprint density at radius 2 is 1.40 bits per heavy atom. The van der Waals surface area contributed by atoms with Crippen LogP contribution in [0.3, 0.4) is 0 Å². The Hall–Kier alpha value is -0.353. The molecule has 0 atom stereocenters. The fraction of sp³-hybridized carbons (Fsp3) is 0.938. The number of carbonyl (C=O) groups excluding carboxylic acids is 1. The van der Waals surface area contributed by atoms with E-state index in [4.69, 9.17) is 9.16 Å². The fourth-order valence-corrected chi connectivity index (χ4v) is 2.39. The Morgan fingerprint density at radius 1 is 0.900 bits per heavy atom. The van der Waals surface area contributed by atoms with Crippen molar-refractivity contribution in [2.75, 3.05) is 13.2 Å². The van der Waals surface area contributed by atoms with Crippen LogP contribution in [0.2, 0.25) is 18.1 Å². The average Bonchev–Trinajstić information content (AvgIpc) is 2.24. The molecule has 0 rings (SSSR count). The average molecular weight is 303 g/mol. The molecular formula is C16H34O3Si. The van der Waals surface area contributed by atoms with Gasteiger partial charge in [0.1, 0.15) is 0 Å². The van der Waals surface area contributed by atoms with Gasteiger partial charge in [0.2, 0.25) is 0 Å². The maximum absolute atomic E-state index is 11.6. The minimum Gasteiger partial charge on any atom is -0.465 e. The number of hydrogen-bond acceptors (Lipinski definition) is 3. The predicted octanol–water partition coefficient (Wildman–Crippen LogP) is 4.77. The van der Waals surface area contributed by atoms with E-state index in [1.54, 1.807) is 0 Å². The van der Waals surface area contributed by atoms with Crippen LogP contribution >= 0.6 is 0 Å². The molecule has 20 heavy (non-hydrogen) atoms. The summed E-state index contributed by atoms with van der Waals surface area (Å²) in [6.07, 6.45) is 3.01. The second-order valence-corrected chi connectivity index (χ2v) is 12.9. The van der Waals surface area contributed by atoms with E-state index in [-0.39, 0.29) is 11.0 Å². The van der Waals surface area contributed by atoms with Crippen LogP contribution in [0, 0.1) is 5.41 Å². The van der Waals surface area contributed by atoms with Gasteiger partial charge in [0, 0.05) is 6.61 Å². The number of ether oxygens (including phenoxy) is 1. The lowest BCUT2D eigenvalue weighted by Crippen LogP contribution is -2.40. The van der Waals surface area contributed by atoms with Crippen LogP contribution in [0.25, 0.3) is 0 Å². The Kier molecular flexibility index (Phi) is 7.46. The number of hydrogen-bond donors (Lipinski definition) is 0. The van der Waals surface area contributed by atoms with Crippen molar-refractivity contribution in [3.63, 3.8) is 0 Å². The van der Waals surface area contributed by atoms with Gasteiger partial charge >= 0.3 is 5.97 Å². The molecule has 0 amide bonds. The lowest BCUT2D eigenvalue weighted by molar-refractivity contribution is -0.153. The van der Waals surface area contributed by atoms with Crippen LogP contribution in [-0.4, -0.2) is 27.5 Å². The zero-order valence-corrected chi connectivity index (χ0v) is 15.8. The predicted molar refractivity (Wildman–Crippen MR) is 87.4 cm³/mol. The van der Waals surface area contributed by atoms with Crippen molar-refractivity contribution in [3.05, 3.63) is 0 Å². The monoisotopic (exact) mass is 302 g/mol. The van der Waals surface area contributed by atoms with E-state index >= 15 is 0 Å². The summed E-state index contributed by atoms with van der Waals surface area (Å²) in [4.78, 5) is 11.6. The van der Waals surface area contributed by atoms with Crippen LogP contribution in [0.4, 0.5) is 0 Å². The number of carbonyl (C=O) groups is 1. The second-order valence-electron chi connectivity index (χ2n) is 8.06. The highest BCUT2D eigenvalue weighted by molar-refractivity contribution is 6.74. The molecule has 0 saturated heterocycles. The van der Waals surface area contributed by atoms with Gasteiger partial charge in [-0.05, 0) is 58.2 Å². The van der Waals surface area contributed by atoms with Crippen molar-refractivity contribution in [3.8, 4) is 0 Å². The van der Waals surface area contributed by atoms with Crippen LogP contribution in [0.1, 0.15) is 60.8 Å². The molecule has 0 bridgehead atoms. The van der Waals surface area contributed by atoms with Crippen molar-refractivity contribution < 1.29 is 14.0 Å². The molecule has 0 saturated carbocycles. The van der Waals surface area contributed by atoms with E-state index in [1.165, 1.54) is 0 Å². The van der Waals surface area contributed by atoms with Gasteiger partial charge in [-0.2, -0.15) is 0 Å². The molecule has 3 nitrogen and oxygen atoms in total. The van der Waals surface area contributed by atoms with E-state index in [0.29, 0.717) is 6.61 Å². The van der Waals surface area contributed by atoms with Crippen molar-refractivity contribution in [2.45, 2.75) is 78.9 Å². The lowest BCUT2D eigenvalue weighted by atomic mass is 9.97. The minimum atomic E-state index is -1.60. The van der Waals surface area contributed by atoms with Gasteiger partial charge < -0.3 is 9.16 Å². The molecule has 0 unspecified atom stereocenters. The highest BCUT2D eigenvalue weighted by atomic mass is 28.4. The van der Waals surface area contributed by atoms with Crippen molar-refractivity contribution >= 4 is 14.3 Å². The summed E-state index contributed by atoms with van der Waals surface area (Å²) in [7, 11) is -1.60. The smallest absolute Gasteiger partial charge is 0.311 e. The molecular weight excluding hydrogens is 268 g/mol. The van der Waals surface area contributed by atoms with Crippen LogP contribution in [0.5, 0.6) is 0 Å². The summed E-state index contributed by atoms with van der Waals surface area (Å²) in [5.41, 5.74) is -0.397. The molecule has 120 valence electrons. The maximum atomic E-state index is 11.6. The lowest BCUT2D eigenvalue weighted by Gasteiger charge is -2.36. The molecule has 4 heteroatoms. The molecule has 0 aliphatic heterocycles.